The first-order chi connectivity index (χ1) is 11.7. The van der Waals surface area contributed by atoms with Gasteiger partial charge in [0.15, 0.2) is 0 Å². The van der Waals surface area contributed by atoms with Crippen LogP contribution in [0.15, 0.2) is 54.9 Å². The number of hydrogen-bond donors (Lipinski definition) is 2. The maximum absolute atomic E-state index is 13.5. The van der Waals surface area contributed by atoms with Crippen LogP contribution in [0.3, 0.4) is 0 Å². The fourth-order valence-corrected chi connectivity index (χ4v) is 2.31. The second-order valence-electron chi connectivity index (χ2n) is 5.04. The zero-order valence-corrected chi connectivity index (χ0v) is 12.5. The molecule has 0 saturated heterocycles. The number of nitrogens with one attached hydrogen (secondary N) is 1. The van der Waals surface area contributed by atoms with E-state index in [1.807, 2.05) is 18.2 Å². The van der Waals surface area contributed by atoms with Crippen LogP contribution >= 0.6 is 0 Å². The number of tetrazole rings is 1. The minimum atomic E-state index is -0.578. The van der Waals surface area contributed by atoms with Crippen molar-refractivity contribution >= 4 is 5.91 Å². The van der Waals surface area contributed by atoms with Gasteiger partial charge in [0.25, 0.3) is 5.91 Å². The Balaban J connectivity index is 1.90. The van der Waals surface area contributed by atoms with E-state index in [9.17, 15) is 14.3 Å². The smallest absolute Gasteiger partial charge is 0.254 e. The highest BCUT2D eigenvalue weighted by atomic mass is 19.1. The lowest BCUT2D eigenvalue weighted by atomic mass is 10.1. The topological polar surface area (TPSA) is 92.9 Å². The first-order valence-corrected chi connectivity index (χ1v) is 7.18. The number of aromatic nitrogens is 4. The monoisotopic (exact) mass is 327 g/mol. The Kier molecular flexibility index (Phi) is 4.57. The van der Waals surface area contributed by atoms with Crippen molar-refractivity contribution in [2.45, 2.75) is 6.04 Å². The summed E-state index contributed by atoms with van der Waals surface area (Å²) in [5.41, 5.74) is 1.17. The van der Waals surface area contributed by atoms with E-state index < -0.39 is 17.8 Å². The quantitative estimate of drug-likeness (QED) is 0.736. The number of rotatable bonds is 5. The molecule has 8 heteroatoms. The van der Waals surface area contributed by atoms with E-state index in [4.69, 9.17) is 0 Å². The van der Waals surface area contributed by atoms with Crippen LogP contribution in [0.25, 0.3) is 5.69 Å². The summed E-state index contributed by atoms with van der Waals surface area (Å²) in [4.78, 5) is 12.6. The Bertz CT molecular complexity index is 824. The molecule has 0 unspecified atom stereocenters. The Labute approximate surface area is 136 Å². The van der Waals surface area contributed by atoms with Gasteiger partial charge in [-0.05, 0) is 28.1 Å². The number of aliphatic hydroxyl groups excluding tert-OH is 1. The predicted octanol–water partition coefficient (Wildman–Crippen LogP) is 1.26. The highest BCUT2D eigenvalue weighted by Crippen LogP contribution is 2.18. The number of aliphatic hydroxyl groups is 1. The van der Waals surface area contributed by atoms with Crippen LogP contribution < -0.4 is 5.32 Å². The minimum absolute atomic E-state index is 0.193. The summed E-state index contributed by atoms with van der Waals surface area (Å²) in [5, 5.41) is 23.0. The molecule has 3 rings (SSSR count). The molecule has 0 saturated carbocycles. The zero-order chi connectivity index (χ0) is 16.9. The van der Waals surface area contributed by atoms with Gasteiger partial charge in [0.1, 0.15) is 12.1 Å². The van der Waals surface area contributed by atoms with Gasteiger partial charge in [-0.2, -0.15) is 4.68 Å². The molecule has 2 aromatic carbocycles. The molecular formula is C16H14FN5O2. The largest absolute Gasteiger partial charge is 0.394 e. The molecule has 3 aromatic rings. The van der Waals surface area contributed by atoms with Crippen molar-refractivity contribution < 1.29 is 14.3 Å². The third kappa shape index (κ3) is 3.28. The third-order valence-corrected chi connectivity index (χ3v) is 3.49. The normalized spacial score (nSPS) is 11.9. The van der Waals surface area contributed by atoms with Crippen LogP contribution in [0, 0.1) is 5.82 Å². The van der Waals surface area contributed by atoms with Crippen molar-refractivity contribution in [1.82, 2.24) is 25.5 Å². The van der Waals surface area contributed by atoms with Crippen LogP contribution in [0.2, 0.25) is 0 Å². The molecule has 0 aliphatic carbocycles. The van der Waals surface area contributed by atoms with Crippen LogP contribution in [-0.4, -0.2) is 37.8 Å². The van der Waals surface area contributed by atoms with E-state index in [0.717, 1.165) is 5.56 Å². The number of benzene rings is 2. The summed E-state index contributed by atoms with van der Waals surface area (Å²) in [6.45, 7) is -0.267. The number of nitrogens with zero attached hydrogens (tertiary/aromatic N) is 4. The second-order valence-corrected chi connectivity index (χ2v) is 5.04. The molecule has 122 valence electrons. The molecule has 0 radical (unpaired) electrons. The van der Waals surface area contributed by atoms with Crippen molar-refractivity contribution in [2.24, 2.45) is 0 Å². The van der Waals surface area contributed by atoms with Gasteiger partial charge >= 0.3 is 0 Å². The average molecular weight is 327 g/mol. The predicted molar refractivity (Wildman–Crippen MR) is 82.8 cm³/mol. The van der Waals surface area contributed by atoms with Crippen molar-refractivity contribution in [3.63, 3.8) is 0 Å². The molecule has 0 aliphatic heterocycles. The van der Waals surface area contributed by atoms with Gasteiger partial charge in [0.05, 0.1) is 23.9 Å². The molecule has 24 heavy (non-hydrogen) atoms. The average Bonchev–Trinajstić information content (AvgIpc) is 3.14. The lowest BCUT2D eigenvalue weighted by Crippen LogP contribution is -2.31. The van der Waals surface area contributed by atoms with E-state index in [-0.39, 0.29) is 17.9 Å². The summed E-state index contributed by atoms with van der Waals surface area (Å²) in [7, 11) is 0. The highest BCUT2D eigenvalue weighted by molar-refractivity contribution is 5.98. The molecule has 0 fully saturated rings. The number of hydrogen-bond acceptors (Lipinski definition) is 5. The van der Waals surface area contributed by atoms with Crippen LogP contribution in [0.1, 0.15) is 22.0 Å². The maximum atomic E-state index is 13.5. The lowest BCUT2D eigenvalue weighted by molar-refractivity contribution is 0.0916. The lowest BCUT2D eigenvalue weighted by Gasteiger charge is -2.18. The van der Waals surface area contributed by atoms with Crippen LogP contribution in [0.4, 0.5) is 4.39 Å². The SMILES string of the molecule is O=C(N[C@H](CO)c1ccccc1)c1ccc(F)cc1-n1cnnn1. The van der Waals surface area contributed by atoms with Gasteiger partial charge in [-0.25, -0.2) is 4.39 Å². The van der Waals surface area contributed by atoms with E-state index >= 15 is 0 Å². The number of halogens is 1. The minimum Gasteiger partial charge on any atom is -0.394 e. The first kappa shape index (κ1) is 15.8. The van der Waals surface area contributed by atoms with E-state index in [1.165, 1.54) is 29.2 Å². The number of carbonyl (C=O) groups is 1. The molecule has 1 aromatic heterocycles. The van der Waals surface area contributed by atoms with Gasteiger partial charge < -0.3 is 10.4 Å². The fraction of sp³-hybridized carbons (Fsp3) is 0.125. The Morgan fingerprint density at radius 1 is 1.25 bits per heavy atom. The summed E-state index contributed by atoms with van der Waals surface area (Å²) < 4.78 is 14.7. The molecular weight excluding hydrogens is 313 g/mol. The standard InChI is InChI=1S/C16H14FN5O2/c17-12-6-7-13(15(8-12)22-10-18-20-21-22)16(24)19-14(9-23)11-4-2-1-3-5-11/h1-8,10,14,23H,9H2,(H,19,24)/t14-/m1/s1. The number of amides is 1. The van der Waals surface area contributed by atoms with E-state index in [2.05, 4.69) is 20.8 Å². The van der Waals surface area contributed by atoms with Gasteiger partial charge in [-0.15, -0.1) is 5.10 Å². The second kappa shape index (κ2) is 6.97. The summed E-state index contributed by atoms with van der Waals surface area (Å²) in [6.07, 6.45) is 1.27. The van der Waals surface area contributed by atoms with E-state index in [1.54, 1.807) is 12.1 Å². The summed E-state index contributed by atoms with van der Waals surface area (Å²) >= 11 is 0. The van der Waals surface area contributed by atoms with Crippen molar-refractivity contribution in [1.29, 1.82) is 0 Å². The molecule has 0 bridgehead atoms. The molecule has 0 aliphatic rings. The highest BCUT2D eigenvalue weighted by Gasteiger charge is 2.19. The maximum Gasteiger partial charge on any atom is 0.254 e. The fourth-order valence-electron chi connectivity index (χ4n) is 2.31. The Morgan fingerprint density at radius 3 is 2.71 bits per heavy atom. The molecule has 2 N–H and O–H groups in total. The van der Waals surface area contributed by atoms with Crippen LogP contribution in [0.5, 0.6) is 0 Å². The van der Waals surface area contributed by atoms with Gasteiger partial charge in [0.2, 0.25) is 0 Å². The molecule has 1 heterocycles. The molecule has 1 atom stereocenters. The molecule has 7 nitrogen and oxygen atoms in total. The zero-order valence-electron chi connectivity index (χ0n) is 12.5. The molecule has 1 amide bonds. The number of carbonyl (C=O) groups excluding carboxylic acids is 1. The van der Waals surface area contributed by atoms with Gasteiger partial charge in [0, 0.05) is 6.07 Å². The van der Waals surface area contributed by atoms with Gasteiger partial charge in [-0.1, -0.05) is 30.3 Å². The molecule has 0 spiro atoms. The third-order valence-electron chi connectivity index (χ3n) is 3.49. The van der Waals surface area contributed by atoms with E-state index in [0.29, 0.717) is 0 Å². The van der Waals surface area contributed by atoms with Crippen molar-refractivity contribution in [3.8, 4) is 5.69 Å². The summed E-state index contributed by atoms with van der Waals surface area (Å²) in [6, 6.07) is 12.2. The van der Waals surface area contributed by atoms with Crippen molar-refractivity contribution in [2.75, 3.05) is 6.61 Å². The Hall–Kier alpha value is -3.13. The van der Waals surface area contributed by atoms with Crippen molar-refractivity contribution in [3.05, 3.63) is 71.8 Å². The van der Waals surface area contributed by atoms with Gasteiger partial charge in [-0.3, -0.25) is 4.79 Å². The Morgan fingerprint density at radius 2 is 2.04 bits per heavy atom. The summed E-state index contributed by atoms with van der Waals surface area (Å²) in [5.74, 6) is -0.984. The first-order valence-electron chi connectivity index (χ1n) is 7.18. The van der Waals surface area contributed by atoms with Crippen LogP contribution in [-0.2, 0) is 0 Å².